The highest BCUT2D eigenvalue weighted by Crippen LogP contribution is 2.31. The third kappa shape index (κ3) is 5.08. The van der Waals surface area contributed by atoms with Crippen LogP contribution in [0.4, 0.5) is 14.6 Å². The van der Waals surface area contributed by atoms with Crippen LogP contribution in [-0.2, 0) is 0 Å². The van der Waals surface area contributed by atoms with Gasteiger partial charge in [0.25, 0.3) is 0 Å². The van der Waals surface area contributed by atoms with Crippen LogP contribution < -0.4 is 4.90 Å². The number of hydrogen-bond acceptors (Lipinski definition) is 3. The first-order valence-corrected chi connectivity index (χ1v) is 12.1. The molecule has 0 unspecified atom stereocenters. The van der Waals surface area contributed by atoms with E-state index in [1.165, 1.54) is 24.3 Å². The molecule has 1 aromatic heterocycles. The van der Waals surface area contributed by atoms with Gasteiger partial charge in [0.05, 0.1) is 5.52 Å². The van der Waals surface area contributed by atoms with Crippen LogP contribution in [0.1, 0.15) is 29.9 Å². The number of fused-ring (bicyclic) bond motifs is 1. The van der Waals surface area contributed by atoms with Crippen molar-refractivity contribution in [2.75, 3.05) is 37.6 Å². The van der Waals surface area contributed by atoms with E-state index in [1.807, 2.05) is 42.5 Å². The Hall–Kier alpha value is -2.96. The maximum Gasteiger partial charge on any atom is 0.158 e. The Kier molecular flexibility index (Phi) is 6.79. The lowest BCUT2D eigenvalue weighted by Gasteiger charge is -2.35. The third-order valence-corrected chi connectivity index (χ3v) is 6.92. The van der Waals surface area contributed by atoms with Crippen LogP contribution in [-0.4, -0.2) is 47.8 Å². The minimum Gasteiger partial charge on any atom is -0.352 e. The van der Waals surface area contributed by atoms with Gasteiger partial charge in [-0.3, -0.25) is 10.00 Å². The summed E-state index contributed by atoms with van der Waals surface area (Å²) in [4.78, 5) is 4.79. The molecule has 3 aromatic carbocycles. The summed E-state index contributed by atoms with van der Waals surface area (Å²) in [5, 5.41) is 9.39. The zero-order valence-corrected chi connectivity index (χ0v) is 19.6. The van der Waals surface area contributed by atoms with Crippen molar-refractivity contribution in [3.05, 3.63) is 94.5 Å². The molecule has 0 bridgehead atoms. The Labute approximate surface area is 203 Å². The van der Waals surface area contributed by atoms with E-state index in [9.17, 15) is 8.78 Å². The lowest BCUT2D eigenvalue weighted by atomic mass is 9.87. The summed E-state index contributed by atoms with van der Waals surface area (Å²) in [5.41, 5.74) is 3.11. The fraction of sp³-hybridized carbons (Fsp3) is 0.296. The largest absolute Gasteiger partial charge is 0.352 e. The monoisotopic (exact) mass is 480 g/mol. The molecule has 1 fully saturated rings. The van der Waals surface area contributed by atoms with E-state index in [0.29, 0.717) is 5.02 Å². The molecule has 2 heterocycles. The first kappa shape index (κ1) is 22.8. The van der Waals surface area contributed by atoms with Gasteiger partial charge in [0.15, 0.2) is 5.82 Å². The molecule has 1 saturated heterocycles. The molecule has 0 atom stereocenters. The lowest BCUT2D eigenvalue weighted by molar-refractivity contribution is 0.251. The summed E-state index contributed by atoms with van der Waals surface area (Å²) in [5.74, 6) is 0.588. The Morgan fingerprint density at radius 3 is 2.09 bits per heavy atom. The standard InChI is InChI=1S/C27H27ClF2N4/c28-21-7-12-26-25(18-21)27(32-31-26)34-16-14-33(15-17-34)13-1-2-24(19-3-8-22(29)9-4-19)20-5-10-23(30)11-6-20/h3-12,18,24H,1-2,13-17H2,(H,31,32). The second-order valence-electron chi connectivity index (χ2n) is 8.86. The van der Waals surface area contributed by atoms with Crippen molar-refractivity contribution in [2.24, 2.45) is 0 Å². The second kappa shape index (κ2) is 10.1. The van der Waals surface area contributed by atoms with E-state index < -0.39 is 0 Å². The van der Waals surface area contributed by atoms with Crippen LogP contribution in [0.5, 0.6) is 0 Å². The van der Waals surface area contributed by atoms with Crippen molar-refractivity contribution < 1.29 is 8.78 Å². The van der Waals surface area contributed by atoms with Gasteiger partial charge in [-0.15, -0.1) is 0 Å². The summed E-state index contributed by atoms with van der Waals surface area (Å²) in [7, 11) is 0. The highest BCUT2D eigenvalue weighted by molar-refractivity contribution is 6.31. The van der Waals surface area contributed by atoms with E-state index in [0.717, 1.165) is 73.4 Å². The first-order valence-electron chi connectivity index (χ1n) is 11.7. The number of piperazine rings is 1. The quantitative estimate of drug-likeness (QED) is 0.340. The van der Waals surface area contributed by atoms with Gasteiger partial charge in [-0.1, -0.05) is 35.9 Å². The molecule has 4 aromatic rings. The second-order valence-corrected chi connectivity index (χ2v) is 9.30. The third-order valence-electron chi connectivity index (χ3n) is 6.69. The Balaban J connectivity index is 1.19. The minimum absolute atomic E-state index is 0.114. The molecule has 0 spiro atoms. The SMILES string of the molecule is Fc1ccc(C(CCCN2CCN(c3n[nH]c4ccc(Cl)cc34)CC2)c2ccc(F)cc2)cc1. The van der Waals surface area contributed by atoms with E-state index in [4.69, 9.17) is 11.6 Å². The molecule has 0 saturated carbocycles. The number of rotatable bonds is 7. The van der Waals surface area contributed by atoms with E-state index in [1.54, 1.807) is 0 Å². The molecule has 4 nitrogen and oxygen atoms in total. The average Bonchev–Trinajstić information content (AvgIpc) is 3.27. The van der Waals surface area contributed by atoms with Crippen molar-refractivity contribution in [3.63, 3.8) is 0 Å². The maximum atomic E-state index is 13.5. The number of anilines is 1. The van der Waals surface area contributed by atoms with E-state index in [-0.39, 0.29) is 17.6 Å². The normalized spacial score (nSPS) is 14.9. The van der Waals surface area contributed by atoms with Gasteiger partial charge in [0.2, 0.25) is 0 Å². The maximum absolute atomic E-state index is 13.5. The van der Waals surface area contributed by atoms with Crippen LogP contribution in [0.3, 0.4) is 0 Å². The number of aromatic nitrogens is 2. The highest BCUT2D eigenvalue weighted by atomic mass is 35.5. The van der Waals surface area contributed by atoms with Gasteiger partial charge < -0.3 is 4.90 Å². The van der Waals surface area contributed by atoms with Crippen molar-refractivity contribution in [3.8, 4) is 0 Å². The van der Waals surface area contributed by atoms with Gasteiger partial charge in [0.1, 0.15) is 11.6 Å². The first-order chi connectivity index (χ1) is 16.6. The summed E-state index contributed by atoms with van der Waals surface area (Å²) in [6.45, 7) is 4.73. The molecule has 1 aliphatic heterocycles. The number of aromatic amines is 1. The van der Waals surface area contributed by atoms with Crippen molar-refractivity contribution in [1.82, 2.24) is 15.1 Å². The molecule has 1 N–H and O–H groups in total. The predicted octanol–water partition coefficient (Wildman–Crippen LogP) is 6.23. The minimum atomic E-state index is -0.244. The van der Waals surface area contributed by atoms with Crippen molar-refractivity contribution in [1.29, 1.82) is 0 Å². The van der Waals surface area contributed by atoms with Gasteiger partial charge in [-0.25, -0.2) is 8.78 Å². The molecule has 34 heavy (non-hydrogen) atoms. The van der Waals surface area contributed by atoms with E-state index in [2.05, 4.69) is 20.0 Å². The lowest BCUT2D eigenvalue weighted by Crippen LogP contribution is -2.46. The van der Waals surface area contributed by atoms with Gasteiger partial charge in [0, 0.05) is 42.5 Å². The number of nitrogens with one attached hydrogen (secondary N) is 1. The van der Waals surface area contributed by atoms with Gasteiger partial charge in [-0.05, 0) is 73.0 Å². The summed E-state index contributed by atoms with van der Waals surface area (Å²) in [6, 6.07) is 19.1. The van der Waals surface area contributed by atoms with Crippen LogP contribution in [0, 0.1) is 11.6 Å². The Bertz CT molecular complexity index is 1190. The van der Waals surface area contributed by atoms with Crippen LogP contribution in [0.2, 0.25) is 5.02 Å². The number of benzene rings is 3. The van der Waals surface area contributed by atoms with Crippen LogP contribution in [0.25, 0.3) is 10.9 Å². The fourth-order valence-electron chi connectivity index (χ4n) is 4.83. The molecule has 7 heteroatoms. The van der Waals surface area contributed by atoms with Crippen LogP contribution >= 0.6 is 11.6 Å². The molecule has 5 rings (SSSR count). The fourth-order valence-corrected chi connectivity index (χ4v) is 5.00. The average molecular weight is 481 g/mol. The van der Waals surface area contributed by atoms with Crippen molar-refractivity contribution in [2.45, 2.75) is 18.8 Å². The summed E-state index contributed by atoms with van der Waals surface area (Å²) in [6.07, 6.45) is 1.92. The van der Waals surface area contributed by atoms with Gasteiger partial charge >= 0.3 is 0 Å². The molecule has 176 valence electrons. The number of H-pyrrole nitrogens is 1. The topological polar surface area (TPSA) is 35.2 Å². The summed E-state index contributed by atoms with van der Waals surface area (Å²) >= 11 is 6.19. The zero-order chi connectivity index (χ0) is 23.5. The summed E-state index contributed by atoms with van der Waals surface area (Å²) < 4.78 is 26.9. The number of halogens is 3. The predicted molar refractivity (Wildman–Crippen MR) is 134 cm³/mol. The number of hydrogen-bond donors (Lipinski definition) is 1. The number of nitrogens with zero attached hydrogens (tertiary/aromatic N) is 3. The molecular formula is C27H27ClF2N4. The van der Waals surface area contributed by atoms with Crippen molar-refractivity contribution >= 4 is 28.3 Å². The molecule has 1 aliphatic rings. The molecular weight excluding hydrogens is 454 g/mol. The smallest absolute Gasteiger partial charge is 0.158 e. The highest BCUT2D eigenvalue weighted by Gasteiger charge is 2.21. The zero-order valence-electron chi connectivity index (χ0n) is 18.9. The molecule has 0 radical (unpaired) electrons. The van der Waals surface area contributed by atoms with E-state index >= 15 is 0 Å². The Morgan fingerprint density at radius 2 is 1.47 bits per heavy atom. The van der Waals surface area contributed by atoms with Crippen LogP contribution in [0.15, 0.2) is 66.7 Å². The molecule has 0 amide bonds. The Morgan fingerprint density at radius 1 is 0.853 bits per heavy atom. The van der Waals surface area contributed by atoms with Gasteiger partial charge in [-0.2, -0.15) is 5.10 Å². The molecule has 0 aliphatic carbocycles.